The van der Waals surface area contributed by atoms with E-state index in [4.69, 9.17) is 4.74 Å². The molecule has 2 aromatic carbocycles. The minimum absolute atomic E-state index is 0.154. The summed E-state index contributed by atoms with van der Waals surface area (Å²) in [6.07, 6.45) is 3.92. The summed E-state index contributed by atoms with van der Waals surface area (Å²) in [7, 11) is 3.18. The number of piperidine rings is 1. The quantitative estimate of drug-likeness (QED) is 0.347. The fourth-order valence-corrected chi connectivity index (χ4v) is 6.75. The summed E-state index contributed by atoms with van der Waals surface area (Å²) in [4.78, 5) is 16.7. The van der Waals surface area contributed by atoms with Crippen molar-refractivity contribution in [2.24, 2.45) is 0 Å². The van der Waals surface area contributed by atoms with Crippen molar-refractivity contribution in [1.29, 1.82) is 0 Å². The molecule has 3 heterocycles. The molecular formula is C29H39BrN8O3S. The van der Waals surface area contributed by atoms with Gasteiger partial charge in [0.05, 0.1) is 23.0 Å². The third-order valence-electron chi connectivity index (χ3n) is 7.96. The molecule has 2 aliphatic heterocycles. The Bertz CT molecular complexity index is 1490. The van der Waals surface area contributed by atoms with Crippen molar-refractivity contribution in [1.82, 2.24) is 24.1 Å². The Morgan fingerprint density at radius 3 is 2.38 bits per heavy atom. The van der Waals surface area contributed by atoms with E-state index in [1.54, 1.807) is 37.6 Å². The third kappa shape index (κ3) is 6.81. The molecule has 2 saturated heterocycles. The average molecular weight is 660 g/mol. The topological polar surface area (TPSA) is 106 Å². The second kappa shape index (κ2) is 13.1. The first-order valence-electron chi connectivity index (χ1n) is 14.1. The molecule has 0 bridgehead atoms. The number of nitrogens with zero attached hydrogens (tertiary/aromatic N) is 6. The summed E-state index contributed by atoms with van der Waals surface area (Å²) >= 11 is 3.49. The van der Waals surface area contributed by atoms with Gasteiger partial charge < -0.3 is 25.2 Å². The van der Waals surface area contributed by atoms with Crippen LogP contribution >= 0.6 is 15.9 Å². The Hall–Kier alpha value is -2.97. The highest BCUT2D eigenvalue weighted by Crippen LogP contribution is 2.34. The monoisotopic (exact) mass is 658 g/mol. The van der Waals surface area contributed by atoms with E-state index >= 15 is 0 Å². The van der Waals surface area contributed by atoms with Gasteiger partial charge in [-0.1, -0.05) is 12.1 Å². The lowest BCUT2D eigenvalue weighted by Gasteiger charge is -2.42. The van der Waals surface area contributed by atoms with Crippen molar-refractivity contribution in [2.75, 3.05) is 83.1 Å². The molecule has 13 heteroatoms. The molecule has 2 fully saturated rings. The number of halogens is 1. The summed E-state index contributed by atoms with van der Waals surface area (Å²) in [6.45, 7) is 6.59. The molecule has 2 N–H and O–H groups in total. The highest BCUT2D eigenvalue weighted by molar-refractivity contribution is 9.10. The summed E-state index contributed by atoms with van der Waals surface area (Å²) in [6, 6.07) is 13.5. The van der Waals surface area contributed by atoms with Crippen LogP contribution in [0.15, 0.2) is 58.0 Å². The van der Waals surface area contributed by atoms with Crippen molar-refractivity contribution < 1.29 is 13.2 Å². The summed E-state index contributed by atoms with van der Waals surface area (Å²) in [5, 5.41) is 6.47. The van der Waals surface area contributed by atoms with E-state index in [-0.39, 0.29) is 4.90 Å². The molecule has 0 amide bonds. The van der Waals surface area contributed by atoms with E-state index in [0.29, 0.717) is 33.7 Å². The van der Waals surface area contributed by atoms with Crippen LogP contribution in [0.2, 0.25) is 0 Å². The van der Waals surface area contributed by atoms with Gasteiger partial charge in [0.25, 0.3) is 0 Å². The normalized spacial score (nSPS) is 17.4. The van der Waals surface area contributed by atoms with Crippen LogP contribution in [0.3, 0.4) is 0 Å². The van der Waals surface area contributed by atoms with E-state index in [1.807, 2.05) is 6.07 Å². The lowest BCUT2D eigenvalue weighted by Crippen LogP contribution is -2.52. The molecule has 0 aliphatic carbocycles. The van der Waals surface area contributed by atoms with Gasteiger partial charge in [0, 0.05) is 71.3 Å². The van der Waals surface area contributed by atoms with Gasteiger partial charge in [0.15, 0.2) is 0 Å². The SMILES string of the molecule is COc1ccc(N2CCC(N3CCN(C)CC3)CC2)cc1Nc1ncc(Br)c(Nc2ccccc2S(=O)(=O)N(C)C)n1. The van der Waals surface area contributed by atoms with Gasteiger partial charge >= 0.3 is 0 Å². The predicted molar refractivity (Wildman–Crippen MR) is 171 cm³/mol. The standard InChI is InChI=1S/C29H39BrN8O3S/c1-35(2)42(39,40)27-8-6-5-7-24(27)32-28-23(30)20-31-29(34-28)33-25-19-22(9-10-26(25)41-4)37-13-11-21(12-14-37)38-17-15-36(3)16-18-38/h5-10,19-21H,11-18H2,1-4H3,(H2,31,32,33,34). The zero-order valence-corrected chi connectivity index (χ0v) is 26.9. The number of likely N-dealkylation sites (N-methyl/N-ethyl adjacent to an activating group) is 1. The Balaban J connectivity index is 1.32. The lowest BCUT2D eigenvalue weighted by atomic mass is 10.0. The van der Waals surface area contributed by atoms with Crippen LogP contribution in [-0.4, -0.2) is 106 Å². The molecule has 0 saturated carbocycles. The zero-order valence-electron chi connectivity index (χ0n) is 24.5. The second-order valence-electron chi connectivity index (χ2n) is 10.9. The van der Waals surface area contributed by atoms with E-state index in [1.165, 1.54) is 18.4 Å². The number of hydrogen-bond acceptors (Lipinski definition) is 10. The van der Waals surface area contributed by atoms with Gasteiger partial charge in [-0.15, -0.1) is 0 Å². The number of anilines is 5. The van der Waals surface area contributed by atoms with Gasteiger partial charge in [-0.2, -0.15) is 4.98 Å². The van der Waals surface area contributed by atoms with Crippen LogP contribution in [0.25, 0.3) is 0 Å². The smallest absolute Gasteiger partial charge is 0.244 e. The van der Waals surface area contributed by atoms with Crippen molar-refractivity contribution in [3.8, 4) is 5.75 Å². The number of ether oxygens (including phenoxy) is 1. The second-order valence-corrected chi connectivity index (χ2v) is 13.8. The van der Waals surface area contributed by atoms with Crippen LogP contribution in [0.5, 0.6) is 5.75 Å². The Labute approximate surface area is 257 Å². The molecule has 42 heavy (non-hydrogen) atoms. The number of rotatable bonds is 9. The van der Waals surface area contributed by atoms with E-state index in [0.717, 1.165) is 63.5 Å². The number of benzene rings is 2. The predicted octanol–water partition coefficient (Wildman–Crippen LogP) is 4.20. The molecule has 0 unspecified atom stereocenters. The maximum Gasteiger partial charge on any atom is 0.244 e. The molecule has 5 rings (SSSR count). The van der Waals surface area contributed by atoms with Crippen molar-refractivity contribution in [3.05, 3.63) is 53.1 Å². The average Bonchev–Trinajstić information content (AvgIpc) is 2.99. The molecule has 3 aromatic rings. The van der Waals surface area contributed by atoms with Crippen molar-refractivity contribution in [2.45, 2.75) is 23.8 Å². The van der Waals surface area contributed by atoms with Gasteiger partial charge in [-0.3, -0.25) is 4.90 Å². The fourth-order valence-electron chi connectivity index (χ4n) is 5.42. The minimum Gasteiger partial charge on any atom is -0.495 e. The van der Waals surface area contributed by atoms with E-state index in [2.05, 4.69) is 70.4 Å². The Kier molecular flexibility index (Phi) is 9.53. The number of methoxy groups -OCH3 is 1. The Morgan fingerprint density at radius 2 is 1.69 bits per heavy atom. The number of nitrogens with one attached hydrogen (secondary N) is 2. The Morgan fingerprint density at radius 1 is 0.976 bits per heavy atom. The van der Waals surface area contributed by atoms with Gasteiger partial charge in [-0.25, -0.2) is 17.7 Å². The number of hydrogen-bond donors (Lipinski definition) is 2. The van der Waals surface area contributed by atoms with Gasteiger partial charge in [0.2, 0.25) is 16.0 Å². The molecule has 0 atom stereocenters. The maximum absolute atomic E-state index is 12.9. The van der Waals surface area contributed by atoms with Crippen LogP contribution in [0, 0.1) is 0 Å². The van der Waals surface area contributed by atoms with Crippen LogP contribution in [-0.2, 0) is 10.0 Å². The van der Waals surface area contributed by atoms with Crippen LogP contribution < -0.4 is 20.3 Å². The highest BCUT2D eigenvalue weighted by Gasteiger charge is 2.27. The summed E-state index contributed by atoms with van der Waals surface area (Å²) in [5.74, 6) is 1.45. The van der Waals surface area contributed by atoms with Crippen LogP contribution in [0.4, 0.5) is 28.8 Å². The van der Waals surface area contributed by atoms with E-state index < -0.39 is 10.0 Å². The molecule has 11 nitrogen and oxygen atoms in total. The fraction of sp³-hybridized carbons (Fsp3) is 0.448. The minimum atomic E-state index is -3.67. The van der Waals surface area contributed by atoms with Crippen LogP contribution in [0.1, 0.15) is 12.8 Å². The molecule has 0 spiro atoms. The van der Waals surface area contributed by atoms with Gasteiger partial charge in [0.1, 0.15) is 16.5 Å². The maximum atomic E-state index is 12.9. The number of para-hydroxylation sites is 1. The number of sulfonamides is 1. The number of aromatic nitrogens is 2. The first kappa shape index (κ1) is 30.5. The largest absolute Gasteiger partial charge is 0.495 e. The first-order chi connectivity index (χ1) is 20.2. The molecule has 226 valence electrons. The van der Waals surface area contributed by atoms with E-state index in [9.17, 15) is 8.42 Å². The lowest BCUT2D eigenvalue weighted by molar-refractivity contribution is 0.0982. The molecular weight excluding hydrogens is 620 g/mol. The zero-order chi connectivity index (χ0) is 29.9. The molecule has 0 radical (unpaired) electrons. The third-order valence-corrected chi connectivity index (χ3v) is 10.4. The molecule has 2 aliphatic rings. The number of piperazine rings is 1. The highest BCUT2D eigenvalue weighted by atomic mass is 79.9. The van der Waals surface area contributed by atoms with Crippen molar-refractivity contribution in [3.63, 3.8) is 0 Å². The first-order valence-corrected chi connectivity index (χ1v) is 16.3. The molecule has 1 aromatic heterocycles. The van der Waals surface area contributed by atoms with Gasteiger partial charge in [-0.05, 0) is 66.2 Å². The summed E-state index contributed by atoms with van der Waals surface area (Å²) < 4.78 is 33.2. The summed E-state index contributed by atoms with van der Waals surface area (Å²) in [5.41, 5.74) is 2.28. The van der Waals surface area contributed by atoms with Crippen molar-refractivity contribution >= 4 is 54.8 Å².